The summed E-state index contributed by atoms with van der Waals surface area (Å²) in [7, 11) is -1.29. The van der Waals surface area contributed by atoms with Crippen LogP contribution >= 0.6 is 19.9 Å². The zero-order valence-corrected chi connectivity index (χ0v) is 22.5. The first-order chi connectivity index (χ1) is 11.7. The van der Waals surface area contributed by atoms with E-state index in [4.69, 9.17) is 0 Å². The van der Waals surface area contributed by atoms with Gasteiger partial charge in [0.15, 0.2) is 0 Å². The van der Waals surface area contributed by atoms with Gasteiger partial charge in [0.2, 0.25) is 0 Å². The maximum Gasteiger partial charge on any atom is 0.0710 e. The van der Waals surface area contributed by atoms with Crippen LogP contribution < -0.4 is 0 Å². The van der Waals surface area contributed by atoms with Crippen LogP contribution in [0.2, 0.25) is 13.1 Å². The third kappa shape index (κ3) is 5.36. The molecule has 0 bridgehead atoms. The van der Waals surface area contributed by atoms with E-state index in [9.17, 15) is 0 Å². The normalized spacial score (nSPS) is 24.5. The first kappa shape index (κ1) is 26.0. The van der Waals surface area contributed by atoms with E-state index in [-0.39, 0.29) is 42.7 Å². The van der Waals surface area contributed by atoms with Gasteiger partial charge in [-0.25, -0.2) is 10.8 Å². The summed E-state index contributed by atoms with van der Waals surface area (Å²) < 4.78 is 0. The molecular formula is C23H41ClCrPSi-. The molecular weight excluding hydrogens is 423 g/mol. The molecule has 2 fully saturated rings. The fourth-order valence-electron chi connectivity index (χ4n) is 5.83. The predicted molar refractivity (Wildman–Crippen MR) is 124 cm³/mol. The van der Waals surface area contributed by atoms with Gasteiger partial charge in [-0.1, -0.05) is 77.8 Å². The van der Waals surface area contributed by atoms with Crippen molar-refractivity contribution in [1.29, 1.82) is 0 Å². The molecule has 3 aliphatic carbocycles. The van der Waals surface area contributed by atoms with Gasteiger partial charge in [-0.2, -0.15) is 5.57 Å². The largest absolute Gasteiger partial charge is 0.267 e. The molecule has 27 heavy (non-hydrogen) atoms. The molecule has 0 aromatic heterocycles. The molecule has 0 unspecified atom stereocenters. The monoisotopic (exact) mass is 463 g/mol. The molecule has 3 aliphatic rings. The Morgan fingerprint density at radius 2 is 1.26 bits per heavy atom. The molecule has 0 spiro atoms. The zero-order chi connectivity index (χ0) is 18.2. The molecule has 0 nitrogen and oxygen atoms in total. The maximum atomic E-state index is 4.05. The summed E-state index contributed by atoms with van der Waals surface area (Å²) in [6, 6.07) is 0. The van der Waals surface area contributed by atoms with Gasteiger partial charge in [0.1, 0.15) is 0 Å². The number of allylic oxidation sites excluding steroid dienone is 4. The van der Waals surface area contributed by atoms with Crippen molar-refractivity contribution in [3.05, 3.63) is 22.4 Å². The molecule has 2 saturated carbocycles. The summed E-state index contributed by atoms with van der Waals surface area (Å²) in [5.41, 5.74) is 5.52. The SMILES string of the molecule is CC1=C(C)C(C)(C)[C-]=C1[Si](C)(C)P(C1CCCCC1)C1CCCCC1.Cl.[Cr]. The molecule has 4 heteroatoms. The molecule has 0 heterocycles. The molecule has 0 aromatic carbocycles. The van der Waals surface area contributed by atoms with E-state index in [0.29, 0.717) is 0 Å². The number of rotatable bonds is 4. The van der Waals surface area contributed by atoms with Crippen LogP contribution in [-0.4, -0.2) is 19.1 Å². The quantitative estimate of drug-likeness (QED) is 0.223. The average Bonchev–Trinajstić information content (AvgIpc) is 2.80. The summed E-state index contributed by atoms with van der Waals surface area (Å²) >= 11 is 0. The van der Waals surface area contributed by atoms with Crippen molar-refractivity contribution in [2.24, 2.45) is 5.41 Å². The minimum atomic E-state index is -1.46. The molecule has 0 N–H and O–H groups in total. The third-order valence-corrected chi connectivity index (χ3v) is 19.9. The maximum absolute atomic E-state index is 4.05. The Bertz CT molecular complexity index is 537. The Kier molecular flexibility index (Phi) is 9.92. The Balaban J connectivity index is 0.00000182. The van der Waals surface area contributed by atoms with Gasteiger partial charge in [0, 0.05) is 17.4 Å². The van der Waals surface area contributed by atoms with Gasteiger partial charge in [0.25, 0.3) is 0 Å². The van der Waals surface area contributed by atoms with Gasteiger partial charge in [-0.05, 0) is 37.0 Å². The van der Waals surface area contributed by atoms with Crippen molar-refractivity contribution < 1.29 is 17.4 Å². The first-order valence-electron chi connectivity index (χ1n) is 10.9. The topological polar surface area (TPSA) is 0 Å². The molecule has 0 radical (unpaired) electrons. The number of halogens is 1. The summed E-state index contributed by atoms with van der Waals surface area (Å²) in [5, 5.41) is 1.73. The van der Waals surface area contributed by atoms with Gasteiger partial charge >= 0.3 is 0 Å². The van der Waals surface area contributed by atoms with Crippen LogP contribution in [0.15, 0.2) is 16.3 Å². The standard InChI is InChI=1S/C23H40PSi.ClH.Cr/c1-18-19(2)23(3,4)17-22(18)25(5,6)24(20-13-9-7-10-14-20)21-15-11-8-12-16-21;;/h20-21H,7-16H2,1-6H3;1H;/q-1;;. The van der Waals surface area contributed by atoms with Crippen molar-refractivity contribution in [3.63, 3.8) is 0 Å². The minimum Gasteiger partial charge on any atom is -0.267 e. The second-order valence-corrected chi connectivity index (χ2v) is 20.7. The second kappa shape index (κ2) is 10.3. The zero-order valence-electron chi connectivity index (χ0n) is 18.5. The molecule has 156 valence electrons. The van der Waals surface area contributed by atoms with Gasteiger partial charge < -0.3 is 0 Å². The molecule has 3 rings (SSSR count). The van der Waals surface area contributed by atoms with Crippen LogP contribution in [0.3, 0.4) is 0 Å². The minimum absolute atomic E-state index is 0. The fourth-order valence-corrected chi connectivity index (χ4v) is 20.5. The van der Waals surface area contributed by atoms with Crippen LogP contribution in [0, 0.1) is 11.5 Å². The van der Waals surface area contributed by atoms with E-state index >= 15 is 0 Å². The Morgan fingerprint density at radius 3 is 1.59 bits per heavy atom. The van der Waals surface area contributed by atoms with Gasteiger partial charge in [0.05, 0.1) is 7.74 Å². The second-order valence-electron chi connectivity index (χ2n) is 9.92. The van der Waals surface area contributed by atoms with Crippen LogP contribution in [0.4, 0.5) is 0 Å². The Morgan fingerprint density at radius 1 is 0.852 bits per heavy atom. The van der Waals surface area contributed by atoms with Crippen LogP contribution in [0.25, 0.3) is 0 Å². The third-order valence-electron chi connectivity index (χ3n) is 7.51. The van der Waals surface area contributed by atoms with Crippen molar-refractivity contribution in [1.82, 2.24) is 0 Å². The summed E-state index contributed by atoms with van der Waals surface area (Å²) in [6.07, 6.45) is 19.2. The van der Waals surface area contributed by atoms with Crippen molar-refractivity contribution in [3.8, 4) is 0 Å². The summed E-state index contributed by atoms with van der Waals surface area (Å²) in [5.74, 6) is 0. The summed E-state index contributed by atoms with van der Waals surface area (Å²) in [6.45, 7) is 15.0. The predicted octanol–water partition coefficient (Wildman–Crippen LogP) is 8.40. The first-order valence-corrected chi connectivity index (χ1v) is 16.2. The molecule has 0 amide bonds. The number of hydrogen-bond donors (Lipinski definition) is 0. The van der Waals surface area contributed by atoms with Crippen molar-refractivity contribution >= 4 is 27.6 Å². The summed E-state index contributed by atoms with van der Waals surface area (Å²) in [4.78, 5) is 0. The van der Waals surface area contributed by atoms with E-state index in [2.05, 4.69) is 46.9 Å². The number of hydrogen-bond acceptors (Lipinski definition) is 0. The Hall–Kier alpha value is 0.949. The molecule has 0 saturated heterocycles. The fraction of sp³-hybridized carbons (Fsp3) is 0.826. The Labute approximate surface area is 188 Å². The van der Waals surface area contributed by atoms with E-state index in [0.717, 1.165) is 11.3 Å². The molecule has 0 aliphatic heterocycles. The van der Waals surface area contributed by atoms with E-state index in [1.165, 1.54) is 64.2 Å². The smallest absolute Gasteiger partial charge is 0.0710 e. The van der Waals surface area contributed by atoms with Crippen molar-refractivity contribution in [2.45, 2.75) is 116 Å². The van der Waals surface area contributed by atoms with E-state index < -0.39 is 7.74 Å². The van der Waals surface area contributed by atoms with Crippen LogP contribution in [0.1, 0.15) is 91.9 Å². The van der Waals surface area contributed by atoms with Crippen molar-refractivity contribution in [2.75, 3.05) is 0 Å². The van der Waals surface area contributed by atoms with E-state index in [1.807, 2.05) is 0 Å². The van der Waals surface area contributed by atoms with Gasteiger partial charge in [-0.3, -0.25) is 6.08 Å². The van der Waals surface area contributed by atoms with Crippen LogP contribution in [-0.2, 0) is 17.4 Å². The molecule has 0 aromatic rings. The average molecular weight is 464 g/mol. The van der Waals surface area contributed by atoms with E-state index in [1.54, 1.807) is 16.3 Å². The van der Waals surface area contributed by atoms with Gasteiger partial charge in [-0.15, -0.1) is 26.8 Å². The molecule has 0 atom stereocenters. The van der Waals surface area contributed by atoms with Crippen LogP contribution in [0.5, 0.6) is 0 Å².